The zero-order chi connectivity index (χ0) is 17.6. The van der Waals surface area contributed by atoms with E-state index in [1.54, 1.807) is 12.1 Å². The molecule has 1 amide bonds. The topological polar surface area (TPSA) is 93.1 Å². The van der Waals surface area contributed by atoms with Crippen molar-refractivity contribution >= 4 is 15.9 Å². The van der Waals surface area contributed by atoms with E-state index in [0.29, 0.717) is 25.9 Å². The van der Waals surface area contributed by atoms with Gasteiger partial charge in [0.1, 0.15) is 0 Å². The zero-order valence-electron chi connectivity index (χ0n) is 13.6. The number of sulfonamides is 1. The highest BCUT2D eigenvalue weighted by molar-refractivity contribution is 7.89. The van der Waals surface area contributed by atoms with Crippen molar-refractivity contribution in [3.05, 3.63) is 59.9 Å². The van der Waals surface area contributed by atoms with Crippen LogP contribution in [0.1, 0.15) is 17.5 Å². The van der Waals surface area contributed by atoms with Gasteiger partial charge in [0.2, 0.25) is 15.9 Å². The van der Waals surface area contributed by atoms with Crippen molar-refractivity contribution in [1.29, 1.82) is 0 Å². The van der Waals surface area contributed by atoms with Crippen molar-refractivity contribution in [3.63, 3.8) is 0 Å². The number of nitrogens with zero attached hydrogens (tertiary/aromatic N) is 1. The first-order chi connectivity index (χ1) is 11.3. The van der Waals surface area contributed by atoms with Crippen molar-refractivity contribution in [2.75, 3.05) is 6.54 Å². The molecule has 3 N–H and O–H groups in total. The average Bonchev–Trinajstić information content (AvgIpc) is 2.54. The minimum Gasteiger partial charge on any atom is -0.356 e. The van der Waals surface area contributed by atoms with Crippen LogP contribution in [0.15, 0.2) is 53.7 Å². The Kier molecular flexibility index (Phi) is 6.05. The van der Waals surface area contributed by atoms with E-state index in [2.05, 4.69) is 5.32 Å². The second-order valence-electron chi connectivity index (χ2n) is 5.65. The number of aromatic nitrogens is 1. The minimum absolute atomic E-state index is 0.00997. The summed E-state index contributed by atoms with van der Waals surface area (Å²) in [5.74, 6) is -0.00997. The van der Waals surface area contributed by atoms with Crippen LogP contribution in [0.5, 0.6) is 0 Å². The van der Waals surface area contributed by atoms with Gasteiger partial charge in [-0.1, -0.05) is 12.1 Å². The highest BCUT2D eigenvalue weighted by Gasteiger charge is 2.08. The third-order valence-electron chi connectivity index (χ3n) is 3.64. The number of nitrogens with two attached hydrogens (primary N) is 1. The first-order valence-electron chi connectivity index (χ1n) is 7.69. The Morgan fingerprint density at radius 2 is 1.75 bits per heavy atom. The van der Waals surface area contributed by atoms with E-state index >= 15 is 0 Å². The summed E-state index contributed by atoms with van der Waals surface area (Å²) in [7, 11) is -3.66. The lowest BCUT2D eigenvalue weighted by Gasteiger charge is -2.05. The van der Waals surface area contributed by atoms with E-state index in [1.807, 2.05) is 36.0 Å². The van der Waals surface area contributed by atoms with Crippen LogP contribution in [0.3, 0.4) is 0 Å². The molecule has 0 radical (unpaired) electrons. The number of nitrogens with one attached hydrogen (secondary N) is 1. The van der Waals surface area contributed by atoms with E-state index in [4.69, 9.17) is 5.14 Å². The molecule has 0 aliphatic rings. The molecule has 0 aliphatic carbocycles. The number of rotatable bonds is 7. The molecule has 2 aromatic rings. The van der Waals surface area contributed by atoms with Gasteiger partial charge in [0.15, 0.2) is 18.9 Å². The molecule has 0 atom stereocenters. The van der Waals surface area contributed by atoms with Crippen LogP contribution in [0.25, 0.3) is 0 Å². The second-order valence-corrected chi connectivity index (χ2v) is 7.21. The lowest BCUT2D eigenvalue weighted by atomic mass is 10.1. The Balaban J connectivity index is 1.73. The number of hydrogen-bond donors (Lipinski definition) is 2. The number of primary sulfonamides is 1. The Morgan fingerprint density at radius 3 is 2.33 bits per heavy atom. The fraction of sp³-hybridized carbons (Fsp3) is 0.294. The lowest BCUT2D eigenvalue weighted by molar-refractivity contribution is -0.695. The molecule has 128 valence electrons. The van der Waals surface area contributed by atoms with Crippen molar-refractivity contribution in [2.24, 2.45) is 5.14 Å². The third kappa shape index (κ3) is 5.75. The Morgan fingerprint density at radius 1 is 1.12 bits per heavy atom. The van der Waals surface area contributed by atoms with Crippen LogP contribution in [-0.4, -0.2) is 20.9 Å². The van der Waals surface area contributed by atoms with E-state index in [1.165, 1.54) is 17.7 Å². The van der Waals surface area contributed by atoms with Crippen LogP contribution >= 0.6 is 0 Å². The largest absolute Gasteiger partial charge is 0.356 e. The van der Waals surface area contributed by atoms with Gasteiger partial charge in [0.05, 0.1) is 11.3 Å². The third-order valence-corrected chi connectivity index (χ3v) is 4.57. The Hall–Kier alpha value is -2.25. The van der Waals surface area contributed by atoms with Gasteiger partial charge in [-0.25, -0.2) is 18.1 Å². The quantitative estimate of drug-likeness (QED) is 0.721. The van der Waals surface area contributed by atoms with Crippen molar-refractivity contribution in [2.45, 2.75) is 31.2 Å². The molecule has 0 unspecified atom stereocenters. The summed E-state index contributed by atoms with van der Waals surface area (Å²) in [4.78, 5) is 11.9. The molecular weight excluding hydrogens is 326 g/mol. The van der Waals surface area contributed by atoms with Crippen LogP contribution in [0, 0.1) is 6.92 Å². The first kappa shape index (κ1) is 18.1. The molecule has 0 aliphatic heterocycles. The number of carbonyl (C=O) groups excluding carboxylic acids is 1. The normalized spacial score (nSPS) is 11.2. The molecule has 24 heavy (non-hydrogen) atoms. The summed E-state index contributed by atoms with van der Waals surface area (Å²) in [6.07, 6.45) is 4.96. The van der Waals surface area contributed by atoms with Crippen molar-refractivity contribution in [3.8, 4) is 0 Å². The molecule has 6 nitrogen and oxygen atoms in total. The van der Waals surface area contributed by atoms with Gasteiger partial charge in [-0.2, -0.15) is 0 Å². The van der Waals surface area contributed by atoms with Crippen molar-refractivity contribution < 1.29 is 17.8 Å². The maximum atomic E-state index is 11.8. The van der Waals surface area contributed by atoms with Crippen LogP contribution in [-0.2, 0) is 27.8 Å². The molecule has 0 saturated carbocycles. The minimum atomic E-state index is -3.66. The van der Waals surface area contributed by atoms with Crippen LogP contribution < -0.4 is 15.0 Å². The summed E-state index contributed by atoms with van der Waals surface area (Å²) in [5.41, 5.74) is 2.12. The monoisotopic (exact) mass is 348 g/mol. The summed E-state index contributed by atoms with van der Waals surface area (Å²) in [6.45, 7) is 3.16. The van der Waals surface area contributed by atoms with E-state index < -0.39 is 10.0 Å². The maximum absolute atomic E-state index is 11.8. The second kappa shape index (κ2) is 8.03. The first-order valence-corrected chi connectivity index (χ1v) is 9.23. The molecule has 0 saturated heterocycles. The van der Waals surface area contributed by atoms with Gasteiger partial charge in [0.25, 0.3) is 0 Å². The highest BCUT2D eigenvalue weighted by atomic mass is 32.2. The maximum Gasteiger partial charge on any atom is 0.238 e. The van der Waals surface area contributed by atoms with E-state index in [0.717, 1.165) is 5.56 Å². The molecule has 1 aromatic carbocycles. The van der Waals surface area contributed by atoms with Crippen LogP contribution in [0.4, 0.5) is 0 Å². The number of hydrogen-bond acceptors (Lipinski definition) is 3. The summed E-state index contributed by atoms with van der Waals surface area (Å²) in [6, 6.07) is 10.4. The molecule has 1 heterocycles. The van der Waals surface area contributed by atoms with Crippen LogP contribution in [0.2, 0.25) is 0 Å². The molecule has 0 fully saturated rings. The number of carbonyl (C=O) groups is 1. The predicted molar refractivity (Wildman–Crippen MR) is 90.5 cm³/mol. The molecule has 1 aromatic heterocycles. The Labute approximate surface area is 142 Å². The molecule has 0 bridgehead atoms. The zero-order valence-corrected chi connectivity index (χ0v) is 14.4. The highest BCUT2D eigenvalue weighted by Crippen LogP contribution is 2.08. The van der Waals surface area contributed by atoms with E-state index in [9.17, 15) is 13.2 Å². The summed E-state index contributed by atoms with van der Waals surface area (Å²) < 4.78 is 24.3. The van der Waals surface area contributed by atoms with Gasteiger partial charge < -0.3 is 5.32 Å². The number of amides is 1. The fourth-order valence-corrected chi connectivity index (χ4v) is 2.71. The van der Waals surface area contributed by atoms with Gasteiger partial charge in [-0.3, -0.25) is 4.79 Å². The molecule has 0 spiro atoms. The molecule has 7 heteroatoms. The number of pyridine rings is 1. The Bertz CT molecular complexity index is 785. The van der Waals surface area contributed by atoms with Crippen molar-refractivity contribution in [1.82, 2.24) is 5.32 Å². The van der Waals surface area contributed by atoms with Gasteiger partial charge in [-0.15, -0.1) is 0 Å². The molecular formula is C17H22N3O3S+. The smallest absolute Gasteiger partial charge is 0.238 e. The van der Waals surface area contributed by atoms with Gasteiger partial charge in [0, 0.05) is 18.7 Å². The van der Waals surface area contributed by atoms with E-state index in [-0.39, 0.29) is 10.8 Å². The summed E-state index contributed by atoms with van der Waals surface area (Å²) >= 11 is 0. The lowest BCUT2D eigenvalue weighted by Crippen LogP contribution is -2.36. The molecule has 2 rings (SSSR count). The standard InChI is InChI=1S/C17H21N3O3S/c1-14-7-11-20(12-8-14)13-9-17(21)19-10-6-15-2-4-16(5-3-15)24(18,22)23/h2-5,7-8,11-12H,6,9-10,13H2,1H3,(H2-,18,19,21,22,23)/p+1. The average molecular weight is 348 g/mol. The van der Waals surface area contributed by atoms with Gasteiger partial charge in [-0.05, 0) is 36.6 Å². The SMILES string of the molecule is Cc1cc[n+](CCC(=O)NCCc2ccc(S(N)(=O)=O)cc2)cc1. The summed E-state index contributed by atoms with van der Waals surface area (Å²) in [5, 5.41) is 7.91. The fourth-order valence-electron chi connectivity index (χ4n) is 2.19. The predicted octanol–water partition coefficient (Wildman–Crippen LogP) is 0.679. The number of benzene rings is 1. The van der Waals surface area contributed by atoms with Gasteiger partial charge >= 0.3 is 0 Å². The number of aryl methyl sites for hydroxylation is 2.